The van der Waals surface area contributed by atoms with E-state index in [1.807, 2.05) is 19.9 Å². The first kappa shape index (κ1) is 20.6. The normalized spacial score (nSPS) is 26.5. The Balaban J connectivity index is 1.61. The van der Waals surface area contributed by atoms with Gasteiger partial charge >= 0.3 is 6.09 Å². The van der Waals surface area contributed by atoms with E-state index in [0.29, 0.717) is 11.8 Å². The summed E-state index contributed by atoms with van der Waals surface area (Å²) in [5, 5.41) is 12.6. The Morgan fingerprint density at radius 3 is 2.61 bits per heavy atom. The van der Waals surface area contributed by atoms with E-state index in [2.05, 4.69) is 34.5 Å². The Hall–Kier alpha value is -2.08. The second kappa shape index (κ2) is 8.95. The van der Waals surface area contributed by atoms with Crippen molar-refractivity contribution in [1.29, 1.82) is 0 Å². The van der Waals surface area contributed by atoms with Crippen LogP contribution in [0.1, 0.15) is 38.7 Å². The van der Waals surface area contributed by atoms with Crippen molar-refractivity contribution < 1.29 is 14.7 Å². The quantitative estimate of drug-likeness (QED) is 0.754. The summed E-state index contributed by atoms with van der Waals surface area (Å²) < 4.78 is 0. The SMILES string of the molecule is CC[C@H](C)[C@@H](C(=O)N[C@@H]1CC[C@H]2CN(Cc3ccccc3)C[C@H]21)N(C)C(=O)O. The molecule has 1 aliphatic carbocycles. The van der Waals surface area contributed by atoms with E-state index in [1.165, 1.54) is 12.6 Å². The lowest BCUT2D eigenvalue weighted by Crippen LogP contribution is -2.53. The van der Waals surface area contributed by atoms with E-state index in [4.69, 9.17) is 0 Å². The van der Waals surface area contributed by atoms with Gasteiger partial charge in [-0.1, -0.05) is 50.6 Å². The zero-order valence-electron chi connectivity index (χ0n) is 17.2. The summed E-state index contributed by atoms with van der Waals surface area (Å²) in [5.74, 6) is 0.913. The Labute approximate surface area is 167 Å². The first-order valence-electron chi connectivity index (χ1n) is 10.4. The molecule has 0 spiro atoms. The van der Waals surface area contributed by atoms with Crippen molar-refractivity contribution in [3.05, 3.63) is 35.9 Å². The summed E-state index contributed by atoms with van der Waals surface area (Å²) in [4.78, 5) is 28.1. The molecule has 1 aromatic rings. The fourth-order valence-electron chi connectivity index (χ4n) is 4.93. The van der Waals surface area contributed by atoms with Crippen molar-refractivity contribution in [2.75, 3.05) is 20.1 Å². The molecule has 1 aliphatic heterocycles. The van der Waals surface area contributed by atoms with Gasteiger partial charge in [0.25, 0.3) is 0 Å². The first-order chi connectivity index (χ1) is 13.4. The van der Waals surface area contributed by atoms with Crippen LogP contribution in [0.15, 0.2) is 30.3 Å². The lowest BCUT2D eigenvalue weighted by atomic mass is 9.95. The number of likely N-dealkylation sites (tertiary alicyclic amines) is 1. The zero-order chi connectivity index (χ0) is 20.3. The van der Waals surface area contributed by atoms with Gasteiger partial charge < -0.3 is 10.4 Å². The average molecular weight is 388 g/mol. The summed E-state index contributed by atoms with van der Waals surface area (Å²) in [5.41, 5.74) is 1.32. The third-order valence-electron chi connectivity index (χ3n) is 6.68. The van der Waals surface area contributed by atoms with Gasteiger partial charge in [0.05, 0.1) is 0 Å². The summed E-state index contributed by atoms with van der Waals surface area (Å²) in [7, 11) is 1.49. The molecule has 2 aliphatic rings. The van der Waals surface area contributed by atoms with Crippen molar-refractivity contribution in [2.45, 2.75) is 51.7 Å². The minimum atomic E-state index is -1.06. The molecule has 6 nitrogen and oxygen atoms in total. The van der Waals surface area contributed by atoms with Crippen LogP contribution < -0.4 is 5.32 Å². The molecule has 28 heavy (non-hydrogen) atoms. The highest BCUT2D eigenvalue weighted by atomic mass is 16.4. The molecule has 1 aromatic carbocycles. The van der Waals surface area contributed by atoms with Gasteiger partial charge in [-0.05, 0) is 36.2 Å². The van der Waals surface area contributed by atoms with Crippen LogP contribution in [0.4, 0.5) is 4.79 Å². The van der Waals surface area contributed by atoms with Crippen molar-refractivity contribution >= 4 is 12.0 Å². The molecule has 1 saturated heterocycles. The van der Waals surface area contributed by atoms with Crippen molar-refractivity contribution in [2.24, 2.45) is 17.8 Å². The van der Waals surface area contributed by atoms with Crippen LogP contribution in [0.5, 0.6) is 0 Å². The molecule has 0 bridgehead atoms. The molecule has 3 rings (SSSR count). The Kier molecular flexibility index (Phi) is 6.60. The number of hydrogen-bond acceptors (Lipinski definition) is 3. The van der Waals surface area contributed by atoms with E-state index < -0.39 is 12.1 Å². The molecule has 2 fully saturated rings. The van der Waals surface area contributed by atoms with Crippen LogP contribution >= 0.6 is 0 Å². The number of carbonyl (C=O) groups is 2. The number of carboxylic acid groups (broad SMARTS) is 1. The predicted octanol–water partition coefficient (Wildman–Crippen LogP) is 3.04. The summed E-state index contributed by atoms with van der Waals surface area (Å²) >= 11 is 0. The summed E-state index contributed by atoms with van der Waals surface area (Å²) in [6.07, 6.45) is 1.82. The highest BCUT2D eigenvalue weighted by Crippen LogP contribution is 2.38. The van der Waals surface area contributed by atoms with Crippen LogP contribution in [-0.4, -0.2) is 59.1 Å². The first-order valence-corrected chi connectivity index (χ1v) is 10.4. The second-order valence-corrected chi connectivity index (χ2v) is 8.52. The van der Waals surface area contributed by atoms with Crippen LogP contribution in [-0.2, 0) is 11.3 Å². The number of nitrogens with one attached hydrogen (secondary N) is 1. The molecular weight excluding hydrogens is 354 g/mol. The number of rotatable bonds is 7. The maximum atomic E-state index is 13.0. The van der Waals surface area contributed by atoms with Gasteiger partial charge in [0.15, 0.2) is 0 Å². The molecule has 5 atom stereocenters. The number of fused-ring (bicyclic) bond motifs is 1. The van der Waals surface area contributed by atoms with E-state index in [-0.39, 0.29) is 17.9 Å². The predicted molar refractivity (Wildman–Crippen MR) is 109 cm³/mol. The summed E-state index contributed by atoms with van der Waals surface area (Å²) in [6.45, 7) is 6.96. The third kappa shape index (κ3) is 4.49. The standard InChI is InChI=1S/C22H33N3O3/c1-4-15(2)20(24(3)22(27)28)21(26)23-19-11-10-17-13-25(14-18(17)19)12-16-8-6-5-7-9-16/h5-9,15,17-20H,4,10-14H2,1-3H3,(H,23,26)(H,27,28)/t15-,17-,18+,19+,20-/m0/s1. The number of amides is 2. The van der Waals surface area contributed by atoms with E-state index in [9.17, 15) is 14.7 Å². The Bertz CT molecular complexity index is 681. The molecule has 2 amide bonds. The maximum Gasteiger partial charge on any atom is 0.407 e. The molecule has 154 valence electrons. The van der Waals surface area contributed by atoms with Gasteiger partial charge in [-0.2, -0.15) is 0 Å². The minimum absolute atomic E-state index is 0.0172. The van der Waals surface area contributed by atoms with E-state index in [1.54, 1.807) is 0 Å². The zero-order valence-corrected chi connectivity index (χ0v) is 17.2. The van der Waals surface area contributed by atoms with E-state index >= 15 is 0 Å². The molecule has 6 heteroatoms. The van der Waals surface area contributed by atoms with Crippen LogP contribution in [0.25, 0.3) is 0 Å². The monoisotopic (exact) mass is 387 g/mol. The van der Waals surface area contributed by atoms with Crippen molar-refractivity contribution in [1.82, 2.24) is 15.1 Å². The largest absolute Gasteiger partial charge is 0.465 e. The number of nitrogens with zero attached hydrogens (tertiary/aromatic N) is 2. The molecular formula is C22H33N3O3. The maximum absolute atomic E-state index is 13.0. The van der Waals surface area contributed by atoms with Crippen LogP contribution in [0.2, 0.25) is 0 Å². The van der Waals surface area contributed by atoms with Crippen LogP contribution in [0, 0.1) is 17.8 Å². The topological polar surface area (TPSA) is 72.9 Å². The molecule has 0 unspecified atom stereocenters. The Morgan fingerprint density at radius 2 is 1.96 bits per heavy atom. The van der Waals surface area contributed by atoms with E-state index in [0.717, 1.165) is 43.8 Å². The van der Waals surface area contributed by atoms with Gasteiger partial charge in [0.2, 0.25) is 5.91 Å². The van der Waals surface area contributed by atoms with Gasteiger partial charge in [-0.3, -0.25) is 14.6 Å². The average Bonchev–Trinajstić information content (AvgIpc) is 3.23. The van der Waals surface area contributed by atoms with Gasteiger partial charge in [-0.25, -0.2) is 4.79 Å². The smallest absolute Gasteiger partial charge is 0.407 e. The molecule has 2 N–H and O–H groups in total. The lowest BCUT2D eigenvalue weighted by molar-refractivity contribution is -0.128. The van der Waals surface area contributed by atoms with Gasteiger partial charge in [0, 0.05) is 32.7 Å². The van der Waals surface area contributed by atoms with Crippen molar-refractivity contribution in [3.63, 3.8) is 0 Å². The second-order valence-electron chi connectivity index (χ2n) is 8.52. The Morgan fingerprint density at radius 1 is 1.25 bits per heavy atom. The third-order valence-corrected chi connectivity index (χ3v) is 6.68. The lowest BCUT2D eigenvalue weighted by Gasteiger charge is -2.31. The minimum Gasteiger partial charge on any atom is -0.465 e. The fraction of sp³-hybridized carbons (Fsp3) is 0.636. The van der Waals surface area contributed by atoms with Crippen molar-refractivity contribution in [3.8, 4) is 0 Å². The van der Waals surface area contributed by atoms with Crippen LogP contribution in [0.3, 0.4) is 0 Å². The molecule has 1 saturated carbocycles. The summed E-state index contributed by atoms with van der Waals surface area (Å²) in [6, 6.07) is 10.0. The number of hydrogen-bond donors (Lipinski definition) is 2. The molecule has 1 heterocycles. The number of carbonyl (C=O) groups excluding carboxylic acids is 1. The number of likely N-dealkylation sites (N-methyl/N-ethyl adjacent to an activating group) is 1. The highest BCUT2D eigenvalue weighted by molar-refractivity contribution is 5.85. The van der Waals surface area contributed by atoms with Gasteiger partial charge in [0.1, 0.15) is 6.04 Å². The molecule has 0 radical (unpaired) electrons. The fourth-order valence-corrected chi connectivity index (χ4v) is 4.93. The number of benzene rings is 1. The molecule has 0 aromatic heterocycles. The van der Waals surface area contributed by atoms with Gasteiger partial charge in [-0.15, -0.1) is 0 Å². The highest BCUT2D eigenvalue weighted by Gasteiger charge is 2.44.